The third-order valence-corrected chi connectivity index (χ3v) is 9.74. The van der Waals surface area contributed by atoms with Crippen LogP contribution in [0.25, 0.3) is 11.0 Å². The van der Waals surface area contributed by atoms with E-state index in [9.17, 15) is 9.59 Å². The maximum absolute atomic E-state index is 13.6. The molecule has 1 aromatic carbocycles. The number of thioether (sulfide) groups is 1. The number of aryl methyl sites for hydroxylation is 1. The van der Waals surface area contributed by atoms with E-state index in [1.165, 1.54) is 11.8 Å². The molecule has 6 rings (SSSR count). The maximum atomic E-state index is 13.6. The first-order valence-corrected chi connectivity index (χ1v) is 15.2. The molecule has 0 radical (unpaired) electrons. The zero-order valence-electron chi connectivity index (χ0n) is 23.7. The van der Waals surface area contributed by atoms with Gasteiger partial charge in [0.15, 0.2) is 17.1 Å². The van der Waals surface area contributed by atoms with Gasteiger partial charge in [-0.3, -0.25) is 14.5 Å². The van der Waals surface area contributed by atoms with Crippen LogP contribution in [-0.2, 0) is 11.3 Å². The summed E-state index contributed by atoms with van der Waals surface area (Å²) in [6, 6.07) is 4.32. The second-order valence-electron chi connectivity index (χ2n) is 11.4. The van der Waals surface area contributed by atoms with Crippen LogP contribution in [0, 0.1) is 19.8 Å². The van der Waals surface area contributed by atoms with Gasteiger partial charge in [0.05, 0.1) is 23.3 Å². The molecule has 1 saturated heterocycles. The van der Waals surface area contributed by atoms with Gasteiger partial charge in [0, 0.05) is 67.3 Å². The summed E-state index contributed by atoms with van der Waals surface area (Å²) in [4.78, 5) is 32.4. The first kappa shape index (κ1) is 27.2. The van der Waals surface area contributed by atoms with Crippen molar-refractivity contribution in [3.05, 3.63) is 51.1 Å². The van der Waals surface area contributed by atoms with Gasteiger partial charge in [-0.25, -0.2) is 0 Å². The van der Waals surface area contributed by atoms with Crippen LogP contribution in [0.15, 0.2) is 32.5 Å². The molecular formula is C30H37N3O6S. The lowest BCUT2D eigenvalue weighted by Crippen LogP contribution is -2.57. The van der Waals surface area contributed by atoms with Crippen molar-refractivity contribution in [2.24, 2.45) is 5.92 Å². The molecule has 2 fully saturated rings. The highest BCUT2D eigenvalue weighted by molar-refractivity contribution is 7.98. The van der Waals surface area contributed by atoms with Gasteiger partial charge in [0.1, 0.15) is 0 Å². The van der Waals surface area contributed by atoms with Crippen LogP contribution in [0.3, 0.4) is 0 Å². The summed E-state index contributed by atoms with van der Waals surface area (Å²) in [5.41, 5.74) is 2.63. The van der Waals surface area contributed by atoms with E-state index in [1.54, 1.807) is 13.4 Å². The molecule has 40 heavy (non-hydrogen) atoms. The number of amides is 1. The zero-order valence-corrected chi connectivity index (χ0v) is 24.5. The molecule has 1 aliphatic carbocycles. The molecule has 3 aliphatic rings. The number of hydrogen-bond donors (Lipinski definition) is 2. The fourth-order valence-electron chi connectivity index (χ4n) is 6.52. The van der Waals surface area contributed by atoms with Crippen molar-refractivity contribution in [1.29, 1.82) is 0 Å². The topological polar surface area (TPSA) is 106 Å². The Morgan fingerprint density at radius 3 is 2.62 bits per heavy atom. The summed E-state index contributed by atoms with van der Waals surface area (Å²) in [5.74, 6) is 0.311. The molecule has 214 valence electrons. The van der Waals surface area contributed by atoms with Crippen molar-refractivity contribution in [1.82, 2.24) is 15.2 Å². The number of carbonyl (C=O) groups is 1. The Bertz CT molecular complexity index is 1500. The van der Waals surface area contributed by atoms with Crippen molar-refractivity contribution < 1.29 is 23.4 Å². The van der Waals surface area contributed by atoms with Gasteiger partial charge in [0.25, 0.3) is 17.3 Å². The molecule has 1 unspecified atom stereocenters. The summed E-state index contributed by atoms with van der Waals surface area (Å²) in [6.07, 6.45) is 8.07. The second kappa shape index (κ2) is 10.5. The van der Waals surface area contributed by atoms with Gasteiger partial charge in [-0.05, 0) is 57.9 Å². The number of rotatable bonds is 7. The highest BCUT2D eigenvalue weighted by atomic mass is 32.2. The lowest BCUT2D eigenvalue weighted by Gasteiger charge is -2.47. The first-order chi connectivity index (χ1) is 19.2. The van der Waals surface area contributed by atoms with Gasteiger partial charge < -0.3 is 28.9 Å². The molecular weight excluding hydrogens is 530 g/mol. The summed E-state index contributed by atoms with van der Waals surface area (Å²) >= 11 is 1.48. The SMILES string of the molecule is COC1CN(C2CCC(C3(C)Oc4c(C)c(C(=O)NCc5c(SC)cc(C)[nH]c5=O)c5occc5c4O3)CC2)C1. The molecule has 4 heterocycles. The van der Waals surface area contributed by atoms with Crippen molar-refractivity contribution in [2.75, 3.05) is 26.5 Å². The van der Waals surface area contributed by atoms with Crippen molar-refractivity contribution in [3.63, 3.8) is 0 Å². The fraction of sp³-hybridized carbons (Fsp3) is 0.533. The van der Waals surface area contributed by atoms with Crippen LogP contribution < -0.4 is 20.3 Å². The lowest BCUT2D eigenvalue weighted by atomic mass is 9.80. The number of aromatic nitrogens is 1. The molecule has 9 nitrogen and oxygen atoms in total. The molecule has 3 aromatic rings. The fourth-order valence-corrected chi connectivity index (χ4v) is 7.23. The average Bonchev–Trinajstić information content (AvgIpc) is 3.53. The zero-order chi connectivity index (χ0) is 28.2. The normalized spacial score (nSPS) is 24.8. The Morgan fingerprint density at radius 2 is 1.93 bits per heavy atom. The third kappa shape index (κ3) is 4.59. The third-order valence-electron chi connectivity index (χ3n) is 8.93. The summed E-state index contributed by atoms with van der Waals surface area (Å²) in [6.45, 7) is 7.85. The van der Waals surface area contributed by atoms with Crippen LogP contribution in [0.5, 0.6) is 11.5 Å². The number of furan rings is 1. The number of ether oxygens (including phenoxy) is 3. The van der Waals surface area contributed by atoms with E-state index < -0.39 is 5.79 Å². The number of pyridine rings is 1. The Labute approximate surface area is 237 Å². The smallest absolute Gasteiger partial charge is 0.255 e. The highest BCUT2D eigenvalue weighted by Gasteiger charge is 2.48. The average molecular weight is 568 g/mol. The summed E-state index contributed by atoms with van der Waals surface area (Å²) in [7, 11) is 1.78. The maximum Gasteiger partial charge on any atom is 0.255 e. The molecule has 2 aromatic heterocycles. The van der Waals surface area contributed by atoms with Crippen LogP contribution in [-0.4, -0.2) is 60.2 Å². The van der Waals surface area contributed by atoms with Gasteiger partial charge in [-0.15, -0.1) is 11.8 Å². The minimum absolute atomic E-state index is 0.101. The van der Waals surface area contributed by atoms with Crippen molar-refractivity contribution in [3.8, 4) is 11.5 Å². The number of carbonyl (C=O) groups excluding carboxylic acids is 1. The summed E-state index contributed by atoms with van der Waals surface area (Å²) in [5, 5.41) is 3.65. The van der Waals surface area contributed by atoms with E-state index in [4.69, 9.17) is 18.6 Å². The number of H-pyrrole nitrogens is 1. The molecule has 1 saturated carbocycles. The quantitative estimate of drug-likeness (QED) is 0.394. The first-order valence-electron chi connectivity index (χ1n) is 14.0. The van der Waals surface area contributed by atoms with Crippen LogP contribution >= 0.6 is 11.8 Å². The molecule has 1 amide bonds. The number of hydrogen-bond acceptors (Lipinski definition) is 8. The van der Waals surface area contributed by atoms with Crippen LogP contribution in [0.2, 0.25) is 0 Å². The number of nitrogens with one attached hydrogen (secondary N) is 2. The Kier molecular flexibility index (Phi) is 7.13. The minimum Gasteiger partial charge on any atom is -0.463 e. The predicted molar refractivity (Wildman–Crippen MR) is 153 cm³/mol. The largest absolute Gasteiger partial charge is 0.463 e. The number of benzene rings is 1. The van der Waals surface area contributed by atoms with Gasteiger partial charge >= 0.3 is 0 Å². The Balaban J connectivity index is 1.21. The molecule has 1 atom stereocenters. The van der Waals surface area contributed by atoms with Gasteiger partial charge in [0.2, 0.25) is 0 Å². The van der Waals surface area contributed by atoms with Crippen LogP contribution in [0.1, 0.15) is 59.8 Å². The van der Waals surface area contributed by atoms with Gasteiger partial charge in [-0.2, -0.15) is 0 Å². The second-order valence-corrected chi connectivity index (χ2v) is 12.2. The van der Waals surface area contributed by atoms with Crippen molar-refractivity contribution in [2.45, 2.75) is 75.8 Å². The summed E-state index contributed by atoms with van der Waals surface area (Å²) < 4.78 is 24.5. The predicted octanol–water partition coefficient (Wildman–Crippen LogP) is 4.77. The molecule has 0 bridgehead atoms. The number of aromatic amines is 1. The van der Waals surface area contributed by atoms with Gasteiger partial charge in [-0.1, -0.05) is 0 Å². The van der Waals surface area contributed by atoms with Crippen LogP contribution in [0.4, 0.5) is 0 Å². The molecule has 2 N–H and O–H groups in total. The van der Waals surface area contributed by atoms with E-state index in [-0.39, 0.29) is 23.9 Å². The molecule has 2 aliphatic heterocycles. The van der Waals surface area contributed by atoms with E-state index in [0.717, 1.165) is 49.4 Å². The number of nitrogens with zero attached hydrogens (tertiary/aromatic N) is 1. The van der Waals surface area contributed by atoms with E-state index >= 15 is 0 Å². The van der Waals surface area contributed by atoms with E-state index in [1.807, 2.05) is 39.2 Å². The standard InChI is InChI=1S/C30H37N3O6S/c1-16-12-23(40-5)22(28(34)32-16)13-31-29(35)24-17(2)25-27(21-10-11-37-26(21)24)39-30(3,38-25)18-6-8-19(9-7-18)33-14-20(15-33)36-4/h10-12,18-20H,6-9,13-15H2,1-5H3,(H,31,35)(H,32,34). The molecule has 10 heteroatoms. The van der Waals surface area contributed by atoms with E-state index in [0.29, 0.717) is 51.3 Å². The van der Waals surface area contributed by atoms with E-state index in [2.05, 4.69) is 15.2 Å². The number of likely N-dealkylation sites (tertiary alicyclic amines) is 1. The highest BCUT2D eigenvalue weighted by Crippen LogP contribution is 2.52. The Hall–Kier alpha value is -2.95. The minimum atomic E-state index is -0.816. The Morgan fingerprint density at radius 1 is 1.20 bits per heavy atom. The molecule has 0 spiro atoms. The lowest BCUT2D eigenvalue weighted by molar-refractivity contribution is -0.129. The number of methoxy groups -OCH3 is 1. The van der Waals surface area contributed by atoms with Crippen molar-refractivity contribution >= 4 is 28.6 Å². The number of fused-ring (bicyclic) bond motifs is 3. The monoisotopic (exact) mass is 567 g/mol.